The van der Waals surface area contributed by atoms with E-state index in [4.69, 9.17) is 27.9 Å². The third-order valence-corrected chi connectivity index (χ3v) is 5.89. The number of para-hydroxylation sites is 1. The first-order valence-corrected chi connectivity index (χ1v) is 11.0. The molecule has 0 unspecified atom stereocenters. The molecule has 0 bridgehead atoms. The zero-order valence-corrected chi connectivity index (χ0v) is 19.4. The minimum absolute atomic E-state index is 0.0556. The number of halogens is 2. The van der Waals surface area contributed by atoms with Crippen LogP contribution in [0.5, 0.6) is 0 Å². The number of carbonyl (C=O) groups is 4. The predicted molar refractivity (Wildman–Crippen MR) is 127 cm³/mol. The zero-order chi connectivity index (χ0) is 24.4. The van der Waals surface area contributed by atoms with Crippen molar-refractivity contribution in [1.82, 2.24) is 5.32 Å². The van der Waals surface area contributed by atoms with Crippen molar-refractivity contribution >= 4 is 52.6 Å². The fourth-order valence-corrected chi connectivity index (χ4v) is 4.00. The lowest BCUT2D eigenvalue weighted by Gasteiger charge is -2.16. The fraction of sp³-hybridized carbons (Fsp3) is 0.120. The highest BCUT2D eigenvalue weighted by atomic mass is 35.5. The van der Waals surface area contributed by atoms with Crippen LogP contribution in [0.2, 0.25) is 10.0 Å². The molecule has 1 aliphatic heterocycles. The van der Waals surface area contributed by atoms with Gasteiger partial charge in [-0.3, -0.25) is 14.4 Å². The van der Waals surface area contributed by atoms with Crippen LogP contribution in [0.4, 0.5) is 5.69 Å². The van der Waals surface area contributed by atoms with Crippen molar-refractivity contribution in [2.45, 2.75) is 13.5 Å². The van der Waals surface area contributed by atoms with E-state index in [9.17, 15) is 19.2 Å². The molecule has 3 aromatic carbocycles. The first kappa shape index (κ1) is 23.5. The van der Waals surface area contributed by atoms with Gasteiger partial charge in [0.1, 0.15) is 0 Å². The van der Waals surface area contributed by atoms with Gasteiger partial charge in [-0.25, -0.2) is 9.69 Å². The maximum Gasteiger partial charge on any atom is 0.338 e. The van der Waals surface area contributed by atoms with Crippen LogP contribution in [0.3, 0.4) is 0 Å². The predicted octanol–water partition coefficient (Wildman–Crippen LogP) is 4.58. The second kappa shape index (κ2) is 9.67. The molecule has 7 nitrogen and oxygen atoms in total. The van der Waals surface area contributed by atoms with E-state index in [-0.39, 0.29) is 23.2 Å². The molecule has 1 N–H and O–H groups in total. The van der Waals surface area contributed by atoms with Crippen LogP contribution >= 0.6 is 23.2 Å². The maximum absolute atomic E-state index is 12.9. The zero-order valence-electron chi connectivity index (χ0n) is 17.9. The molecule has 9 heteroatoms. The molecule has 0 aliphatic carbocycles. The summed E-state index contributed by atoms with van der Waals surface area (Å²) in [4.78, 5) is 51.4. The van der Waals surface area contributed by atoms with Gasteiger partial charge in [-0.15, -0.1) is 0 Å². The van der Waals surface area contributed by atoms with E-state index in [2.05, 4.69) is 5.32 Å². The van der Waals surface area contributed by atoms with Crippen LogP contribution in [0, 0.1) is 6.92 Å². The Hall–Kier alpha value is -3.68. The second-order valence-electron chi connectivity index (χ2n) is 7.58. The number of benzene rings is 3. The first-order chi connectivity index (χ1) is 16.3. The summed E-state index contributed by atoms with van der Waals surface area (Å²) >= 11 is 11.9. The number of fused-ring (bicyclic) bond motifs is 1. The summed E-state index contributed by atoms with van der Waals surface area (Å²) in [5.41, 5.74) is 2.26. The smallest absolute Gasteiger partial charge is 0.338 e. The van der Waals surface area contributed by atoms with Crippen LogP contribution in [-0.4, -0.2) is 30.3 Å². The van der Waals surface area contributed by atoms with E-state index >= 15 is 0 Å². The number of carbonyl (C=O) groups excluding carboxylic acids is 4. The number of imide groups is 1. The average Bonchev–Trinajstić information content (AvgIpc) is 3.06. The van der Waals surface area contributed by atoms with Gasteiger partial charge in [0, 0.05) is 16.6 Å². The van der Waals surface area contributed by atoms with Crippen molar-refractivity contribution in [3.8, 4) is 0 Å². The lowest BCUT2D eigenvalue weighted by molar-refractivity contribution is -0.124. The minimum Gasteiger partial charge on any atom is -0.452 e. The molecule has 1 aliphatic rings. The SMILES string of the molecule is Cc1ccccc1N1C(=O)c2ccc(C(=O)OCC(=O)NCc3ccc(Cl)cc3Cl)cc2C1=O. The highest BCUT2D eigenvalue weighted by Gasteiger charge is 2.37. The molecule has 0 aromatic heterocycles. The van der Waals surface area contributed by atoms with E-state index in [1.165, 1.54) is 18.2 Å². The van der Waals surface area contributed by atoms with Gasteiger partial charge in [-0.2, -0.15) is 0 Å². The van der Waals surface area contributed by atoms with E-state index in [0.29, 0.717) is 21.3 Å². The number of hydrogen-bond acceptors (Lipinski definition) is 5. The fourth-order valence-electron chi connectivity index (χ4n) is 3.53. The summed E-state index contributed by atoms with van der Waals surface area (Å²) in [5.74, 6) is -2.31. The highest BCUT2D eigenvalue weighted by Crippen LogP contribution is 2.31. The molecule has 0 atom stereocenters. The highest BCUT2D eigenvalue weighted by molar-refractivity contribution is 6.35. The Bertz CT molecular complexity index is 1340. The molecule has 0 fully saturated rings. The number of esters is 1. The number of hydrogen-bond donors (Lipinski definition) is 1. The van der Waals surface area contributed by atoms with Gasteiger partial charge in [-0.05, 0) is 54.4 Å². The van der Waals surface area contributed by atoms with Crippen molar-refractivity contribution in [2.75, 3.05) is 11.5 Å². The molecule has 0 saturated carbocycles. The number of aryl methyl sites for hydroxylation is 1. The second-order valence-corrected chi connectivity index (χ2v) is 8.42. The molecule has 4 rings (SSSR count). The maximum atomic E-state index is 12.9. The molecule has 0 saturated heterocycles. The molecule has 0 radical (unpaired) electrons. The molecular formula is C25H18Cl2N2O5. The third-order valence-electron chi connectivity index (χ3n) is 5.30. The van der Waals surface area contributed by atoms with Crippen LogP contribution in [-0.2, 0) is 16.1 Å². The summed E-state index contributed by atoms with van der Waals surface area (Å²) in [7, 11) is 0. The lowest BCUT2D eigenvalue weighted by Crippen LogP contribution is -2.30. The lowest BCUT2D eigenvalue weighted by atomic mass is 10.1. The molecule has 1 heterocycles. The van der Waals surface area contributed by atoms with E-state index in [1.807, 2.05) is 6.07 Å². The van der Waals surface area contributed by atoms with Crippen molar-refractivity contribution in [3.05, 3.63) is 98.5 Å². The number of nitrogens with one attached hydrogen (secondary N) is 1. The van der Waals surface area contributed by atoms with Gasteiger partial charge >= 0.3 is 5.97 Å². The van der Waals surface area contributed by atoms with Crippen LogP contribution in [0.15, 0.2) is 60.7 Å². The largest absolute Gasteiger partial charge is 0.452 e. The Labute approximate surface area is 205 Å². The Balaban J connectivity index is 1.40. The monoisotopic (exact) mass is 496 g/mol. The van der Waals surface area contributed by atoms with Crippen LogP contribution in [0.25, 0.3) is 0 Å². The quantitative estimate of drug-likeness (QED) is 0.398. The normalized spacial score (nSPS) is 12.5. The first-order valence-electron chi connectivity index (χ1n) is 10.2. The molecular weight excluding hydrogens is 479 g/mol. The Morgan fingerprint density at radius 1 is 0.941 bits per heavy atom. The van der Waals surface area contributed by atoms with E-state index in [1.54, 1.807) is 43.3 Å². The summed E-state index contributed by atoms with van der Waals surface area (Å²) < 4.78 is 5.07. The molecule has 172 valence electrons. The number of nitrogens with zero attached hydrogens (tertiary/aromatic N) is 1. The Morgan fingerprint density at radius 3 is 2.41 bits per heavy atom. The van der Waals surface area contributed by atoms with Gasteiger partial charge in [0.15, 0.2) is 6.61 Å². The van der Waals surface area contributed by atoms with Crippen molar-refractivity contribution in [3.63, 3.8) is 0 Å². The molecule has 34 heavy (non-hydrogen) atoms. The standard InChI is InChI=1S/C25H18Cl2N2O5/c1-14-4-2-3-5-21(14)29-23(31)18-9-7-15(10-19(18)24(29)32)25(33)34-13-22(30)28-12-16-6-8-17(26)11-20(16)27/h2-11H,12-13H2,1H3,(H,28,30). The Morgan fingerprint density at radius 2 is 1.68 bits per heavy atom. The summed E-state index contributed by atoms with van der Waals surface area (Å²) in [6.07, 6.45) is 0. The van der Waals surface area contributed by atoms with Gasteiger partial charge < -0.3 is 10.1 Å². The number of anilines is 1. The molecule has 0 spiro atoms. The van der Waals surface area contributed by atoms with E-state index < -0.39 is 30.3 Å². The summed E-state index contributed by atoms with van der Waals surface area (Å²) in [6, 6.07) is 16.0. The van der Waals surface area contributed by atoms with Crippen molar-refractivity contribution in [1.29, 1.82) is 0 Å². The summed E-state index contributed by atoms with van der Waals surface area (Å²) in [5, 5.41) is 3.48. The number of amides is 3. The van der Waals surface area contributed by atoms with Gasteiger partial charge in [0.2, 0.25) is 0 Å². The topological polar surface area (TPSA) is 92.8 Å². The number of rotatable bonds is 6. The van der Waals surface area contributed by atoms with Gasteiger partial charge in [0.25, 0.3) is 17.7 Å². The average molecular weight is 497 g/mol. The molecule has 3 amide bonds. The number of ether oxygens (including phenoxy) is 1. The van der Waals surface area contributed by atoms with Crippen LogP contribution in [0.1, 0.15) is 42.2 Å². The molecule has 3 aromatic rings. The van der Waals surface area contributed by atoms with Crippen LogP contribution < -0.4 is 10.2 Å². The summed E-state index contributed by atoms with van der Waals surface area (Å²) in [6.45, 7) is 1.41. The Kier molecular flexibility index (Phi) is 6.68. The third kappa shape index (κ3) is 4.66. The minimum atomic E-state index is -0.794. The van der Waals surface area contributed by atoms with Crippen molar-refractivity contribution < 1.29 is 23.9 Å². The van der Waals surface area contributed by atoms with E-state index in [0.717, 1.165) is 10.5 Å². The van der Waals surface area contributed by atoms with Gasteiger partial charge in [0.05, 0.1) is 22.4 Å². The van der Waals surface area contributed by atoms with Gasteiger partial charge in [-0.1, -0.05) is 47.5 Å². The van der Waals surface area contributed by atoms with Crippen molar-refractivity contribution in [2.24, 2.45) is 0 Å².